The number of hydrogen-bond acceptors (Lipinski definition) is 3. The minimum absolute atomic E-state index is 0.123. The minimum atomic E-state index is -0.123. The molecule has 0 unspecified atom stereocenters. The molecule has 1 rings (SSSR count). The molecule has 0 aliphatic rings. The van der Waals surface area contributed by atoms with Gasteiger partial charge in [-0.25, -0.2) is 4.39 Å². The fourth-order valence-electron chi connectivity index (χ4n) is 1.59. The summed E-state index contributed by atoms with van der Waals surface area (Å²) in [6.07, 6.45) is 1.68. The molecule has 0 amide bonds. The summed E-state index contributed by atoms with van der Waals surface area (Å²) in [5, 5.41) is 3.27. The first-order chi connectivity index (χ1) is 8.84. The molecule has 0 saturated heterocycles. The van der Waals surface area contributed by atoms with Gasteiger partial charge < -0.3 is 14.8 Å². The van der Waals surface area contributed by atoms with Gasteiger partial charge in [0.2, 0.25) is 0 Å². The third kappa shape index (κ3) is 6.69. The highest BCUT2D eigenvalue weighted by Gasteiger charge is 1.99. The van der Waals surface area contributed by atoms with E-state index in [2.05, 4.69) is 5.32 Å². The summed E-state index contributed by atoms with van der Waals surface area (Å²) in [5.41, 5.74) is 0.765. The molecule has 4 heteroatoms. The molecule has 1 aromatic carbocycles. The van der Waals surface area contributed by atoms with Crippen LogP contribution in [0.4, 0.5) is 4.39 Å². The van der Waals surface area contributed by atoms with Gasteiger partial charge in [0, 0.05) is 13.7 Å². The highest BCUT2D eigenvalue weighted by molar-refractivity contribution is 5.17. The lowest BCUT2D eigenvalue weighted by Crippen LogP contribution is -2.20. The Morgan fingerprint density at radius 3 is 2.72 bits per heavy atom. The number of nitrogens with one attached hydrogen (secondary N) is 1. The second-order valence-corrected chi connectivity index (χ2v) is 4.05. The Bertz CT molecular complexity index is 320. The molecule has 0 spiro atoms. The molecule has 102 valence electrons. The zero-order valence-corrected chi connectivity index (χ0v) is 11.0. The van der Waals surface area contributed by atoms with Crippen molar-refractivity contribution in [3.8, 4) is 0 Å². The van der Waals surface area contributed by atoms with Gasteiger partial charge in [-0.15, -0.1) is 0 Å². The molecule has 0 bridgehead atoms. The van der Waals surface area contributed by atoms with Crippen LogP contribution in [0.2, 0.25) is 0 Å². The fraction of sp³-hybridized carbons (Fsp3) is 0.571. The van der Waals surface area contributed by atoms with E-state index >= 15 is 0 Å². The first-order valence-electron chi connectivity index (χ1n) is 6.35. The topological polar surface area (TPSA) is 30.5 Å². The van der Waals surface area contributed by atoms with Crippen LogP contribution in [0, 0.1) is 5.82 Å². The van der Waals surface area contributed by atoms with Crippen molar-refractivity contribution >= 4 is 0 Å². The normalized spacial score (nSPS) is 10.8. The van der Waals surface area contributed by atoms with Crippen LogP contribution >= 0.6 is 0 Å². The summed E-state index contributed by atoms with van der Waals surface area (Å²) in [5.74, 6) is -0.123. The molecular formula is C14H22FNO2. The molecule has 0 aromatic heterocycles. The molecule has 0 saturated carbocycles. The van der Waals surface area contributed by atoms with Crippen LogP contribution in [-0.2, 0) is 15.9 Å². The fourth-order valence-corrected chi connectivity index (χ4v) is 1.59. The number of methoxy groups -OCH3 is 1. The number of halogens is 1. The Balaban J connectivity index is 1.94. The molecule has 18 heavy (non-hydrogen) atoms. The van der Waals surface area contributed by atoms with Crippen molar-refractivity contribution in [1.82, 2.24) is 5.32 Å². The smallest absolute Gasteiger partial charge is 0.126 e. The van der Waals surface area contributed by atoms with Gasteiger partial charge in [0.15, 0.2) is 0 Å². The maximum atomic E-state index is 13.3. The van der Waals surface area contributed by atoms with Gasteiger partial charge >= 0.3 is 0 Å². The van der Waals surface area contributed by atoms with Crippen LogP contribution in [-0.4, -0.2) is 40.0 Å². The number of hydrogen-bond donors (Lipinski definition) is 1. The maximum Gasteiger partial charge on any atom is 0.126 e. The number of rotatable bonds is 10. The lowest BCUT2D eigenvalue weighted by molar-refractivity contribution is 0.0695. The molecule has 0 aliphatic heterocycles. The molecule has 1 N–H and O–H groups in total. The summed E-state index contributed by atoms with van der Waals surface area (Å²) >= 11 is 0. The molecule has 0 heterocycles. The minimum Gasteiger partial charge on any atom is -0.382 e. The molecule has 0 radical (unpaired) electrons. The lowest BCUT2D eigenvalue weighted by atomic mass is 10.1. The van der Waals surface area contributed by atoms with Crippen molar-refractivity contribution in [2.75, 3.05) is 40.0 Å². The lowest BCUT2D eigenvalue weighted by Gasteiger charge is -2.06. The van der Waals surface area contributed by atoms with Crippen molar-refractivity contribution in [1.29, 1.82) is 0 Å². The largest absolute Gasteiger partial charge is 0.382 e. The summed E-state index contributed by atoms with van der Waals surface area (Å²) < 4.78 is 23.5. The summed E-state index contributed by atoms with van der Waals surface area (Å²) in [6.45, 7) is 3.70. The van der Waals surface area contributed by atoms with E-state index in [0.29, 0.717) is 13.2 Å². The zero-order valence-electron chi connectivity index (χ0n) is 11.0. The van der Waals surface area contributed by atoms with Crippen molar-refractivity contribution in [3.05, 3.63) is 35.6 Å². The van der Waals surface area contributed by atoms with Gasteiger partial charge in [0.05, 0.1) is 13.2 Å². The maximum absolute atomic E-state index is 13.3. The van der Waals surface area contributed by atoms with Gasteiger partial charge in [-0.1, -0.05) is 18.2 Å². The molecule has 0 aliphatic carbocycles. The van der Waals surface area contributed by atoms with Crippen LogP contribution in [0.1, 0.15) is 12.0 Å². The van der Waals surface area contributed by atoms with Gasteiger partial charge in [-0.05, 0) is 37.6 Å². The summed E-state index contributed by atoms with van der Waals surface area (Å²) in [6, 6.07) is 6.90. The summed E-state index contributed by atoms with van der Waals surface area (Å²) in [7, 11) is 1.66. The van der Waals surface area contributed by atoms with Gasteiger partial charge in [0.25, 0.3) is 0 Å². The molecule has 0 fully saturated rings. The average molecular weight is 255 g/mol. The van der Waals surface area contributed by atoms with E-state index in [1.165, 1.54) is 6.07 Å². The van der Waals surface area contributed by atoms with E-state index in [0.717, 1.165) is 38.1 Å². The van der Waals surface area contributed by atoms with Crippen LogP contribution in [0.3, 0.4) is 0 Å². The second-order valence-electron chi connectivity index (χ2n) is 4.05. The van der Waals surface area contributed by atoms with Crippen LogP contribution in [0.5, 0.6) is 0 Å². The van der Waals surface area contributed by atoms with Crippen LogP contribution in [0.15, 0.2) is 24.3 Å². The highest BCUT2D eigenvalue weighted by atomic mass is 19.1. The Morgan fingerprint density at radius 2 is 1.94 bits per heavy atom. The van der Waals surface area contributed by atoms with E-state index < -0.39 is 0 Å². The average Bonchev–Trinajstić information content (AvgIpc) is 2.39. The third-order valence-electron chi connectivity index (χ3n) is 2.60. The van der Waals surface area contributed by atoms with E-state index in [9.17, 15) is 4.39 Å². The number of ether oxygens (including phenoxy) is 2. The third-order valence-corrected chi connectivity index (χ3v) is 2.60. The highest BCUT2D eigenvalue weighted by Crippen LogP contribution is 2.05. The van der Waals surface area contributed by atoms with Gasteiger partial charge in [0.1, 0.15) is 5.82 Å². The van der Waals surface area contributed by atoms with E-state index in [1.807, 2.05) is 12.1 Å². The van der Waals surface area contributed by atoms with Crippen molar-refractivity contribution < 1.29 is 13.9 Å². The van der Waals surface area contributed by atoms with Gasteiger partial charge in [-0.3, -0.25) is 0 Å². The van der Waals surface area contributed by atoms with Crippen LogP contribution in [0.25, 0.3) is 0 Å². The SMILES string of the molecule is COCCOCCCNCCc1ccccc1F. The molecule has 0 atom stereocenters. The first-order valence-corrected chi connectivity index (χ1v) is 6.35. The molecule has 1 aromatic rings. The predicted molar refractivity (Wildman–Crippen MR) is 70.3 cm³/mol. The Labute approximate surface area is 108 Å². The second kappa shape index (κ2) is 10.00. The van der Waals surface area contributed by atoms with Gasteiger partial charge in [-0.2, -0.15) is 0 Å². The molecular weight excluding hydrogens is 233 g/mol. The van der Waals surface area contributed by atoms with E-state index in [1.54, 1.807) is 13.2 Å². The van der Waals surface area contributed by atoms with Crippen LogP contribution < -0.4 is 5.32 Å². The zero-order chi connectivity index (χ0) is 13.1. The van der Waals surface area contributed by atoms with Crippen molar-refractivity contribution in [2.45, 2.75) is 12.8 Å². The van der Waals surface area contributed by atoms with E-state index in [4.69, 9.17) is 9.47 Å². The monoisotopic (exact) mass is 255 g/mol. The number of benzene rings is 1. The Kier molecular flexibility index (Phi) is 8.38. The van der Waals surface area contributed by atoms with E-state index in [-0.39, 0.29) is 5.82 Å². The van der Waals surface area contributed by atoms with Crippen molar-refractivity contribution in [2.24, 2.45) is 0 Å². The predicted octanol–water partition coefficient (Wildman–Crippen LogP) is 2.01. The summed E-state index contributed by atoms with van der Waals surface area (Å²) in [4.78, 5) is 0. The molecule has 3 nitrogen and oxygen atoms in total. The standard InChI is InChI=1S/C14H22FNO2/c1-17-11-12-18-10-4-8-16-9-7-13-5-2-3-6-14(13)15/h2-3,5-6,16H,4,7-12H2,1H3. The Morgan fingerprint density at radius 1 is 1.11 bits per heavy atom. The van der Waals surface area contributed by atoms with Crippen molar-refractivity contribution in [3.63, 3.8) is 0 Å². The Hall–Kier alpha value is -0.970. The first kappa shape index (κ1) is 15.1. The quantitative estimate of drug-likeness (QED) is 0.649.